The molecule has 1 aromatic carbocycles. The van der Waals surface area contributed by atoms with Crippen molar-refractivity contribution in [3.05, 3.63) is 46.9 Å². The van der Waals surface area contributed by atoms with Crippen LogP contribution in [0.1, 0.15) is 28.9 Å². The highest BCUT2D eigenvalue weighted by Gasteiger charge is 2.07. The first kappa shape index (κ1) is 13.2. The largest absolute Gasteiger partial charge is 0.241 e. The van der Waals surface area contributed by atoms with Gasteiger partial charge in [0.05, 0.1) is 11.8 Å². The van der Waals surface area contributed by atoms with Crippen molar-refractivity contribution in [2.75, 3.05) is 0 Å². The molecule has 1 heterocycles. The van der Waals surface area contributed by atoms with E-state index in [9.17, 15) is 0 Å². The van der Waals surface area contributed by atoms with Gasteiger partial charge in [-0.1, -0.05) is 6.07 Å². The molecule has 0 radical (unpaired) electrons. The Bertz CT molecular complexity index is 639. The summed E-state index contributed by atoms with van der Waals surface area (Å²) in [5.74, 6) is 0.733. The molecule has 0 unspecified atom stereocenters. The lowest BCUT2D eigenvalue weighted by atomic mass is 9.98. The number of hydrogen-bond acceptors (Lipinski definition) is 3. The standard InChI is InChI=1S/C16H17N3/c1-11-9-13(3)14(10-12(11)2)15-6-8-18-16(19-15)5-4-7-17/h6,8-10H,4-5H2,1-3H3. The monoisotopic (exact) mass is 251 g/mol. The fourth-order valence-electron chi connectivity index (χ4n) is 2.07. The zero-order chi connectivity index (χ0) is 13.8. The zero-order valence-electron chi connectivity index (χ0n) is 11.6. The van der Waals surface area contributed by atoms with Crippen LogP contribution in [0, 0.1) is 32.1 Å². The molecule has 1 aromatic heterocycles. The average Bonchev–Trinajstić information content (AvgIpc) is 2.41. The molecule has 0 bridgehead atoms. The molecule has 0 aliphatic heterocycles. The summed E-state index contributed by atoms with van der Waals surface area (Å²) in [4.78, 5) is 8.76. The number of hydrogen-bond donors (Lipinski definition) is 0. The Morgan fingerprint density at radius 2 is 1.84 bits per heavy atom. The lowest BCUT2D eigenvalue weighted by Gasteiger charge is -2.10. The van der Waals surface area contributed by atoms with Gasteiger partial charge in [0, 0.05) is 24.6 Å². The summed E-state index contributed by atoms with van der Waals surface area (Å²) < 4.78 is 0. The van der Waals surface area contributed by atoms with Crippen molar-refractivity contribution in [3.8, 4) is 17.3 Å². The maximum atomic E-state index is 8.62. The van der Waals surface area contributed by atoms with Gasteiger partial charge in [-0.2, -0.15) is 5.26 Å². The first-order chi connectivity index (χ1) is 9.11. The molecule has 3 heteroatoms. The molecule has 0 fully saturated rings. The van der Waals surface area contributed by atoms with Gasteiger partial charge in [0.15, 0.2) is 0 Å². The minimum Gasteiger partial charge on any atom is -0.241 e. The van der Waals surface area contributed by atoms with Crippen LogP contribution in [0.3, 0.4) is 0 Å². The Hall–Kier alpha value is -2.21. The molecule has 0 atom stereocenters. The maximum absolute atomic E-state index is 8.62. The average molecular weight is 251 g/mol. The van der Waals surface area contributed by atoms with Gasteiger partial charge in [-0.15, -0.1) is 0 Å². The van der Waals surface area contributed by atoms with Crippen molar-refractivity contribution in [1.29, 1.82) is 5.26 Å². The number of nitriles is 1. The topological polar surface area (TPSA) is 49.6 Å². The molecular formula is C16H17N3. The summed E-state index contributed by atoms with van der Waals surface area (Å²) in [6.45, 7) is 6.32. The number of nitrogens with zero attached hydrogens (tertiary/aromatic N) is 3. The highest BCUT2D eigenvalue weighted by atomic mass is 14.9. The molecular weight excluding hydrogens is 234 g/mol. The molecule has 0 saturated carbocycles. The molecule has 19 heavy (non-hydrogen) atoms. The lowest BCUT2D eigenvalue weighted by molar-refractivity contribution is 0.886. The van der Waals surface area contributed by atoms with Gasteiger partial charge in [0.1, 0.15) is 5.82 Å². The van der Waals surface area contributed by atoms with Crippen molar-refractivity contribution in [2.45, 2.75) is 33.6 Å². The van der Waals surface area contributed by atoms with E-state index in [1.165, 1.54) is 16.7 Å². The number of aryl methyl sites for hydroxylation is 4. The second-order valence-corrected chi connectivity index (χ2v) is 4.77. The fourth-order valence-corrected chi connectivity index (χ4v) is 2.07. The van der Waals surface area contributed by atoms with Crippen LogP contribution >= 0.6 is 0 Å². The van der Waals surface area contributed by atoms with Crippen molar-refractivity contribution >= 4 is 0 Å². The molecule has 0 saturated heterocycles. The smallest absolute Gasteiger partial charge is 0.129 e. The van der Waals surface area contributed by atoms with Crippen molar-refractivity contribution in [3.63, 3.8) is 0 Å². The molecule has 0 aliphatic rings. The lowest BCUT2D eigenvalue weighted by Crippen LogP contribution is -1.97. The van der Waals surface area contributed by atoms with Crippen LogP contribution in [0.4, 0.5) is 0 Å². The Morgan fingerprint density at radius 3 is 2.58 bits per heavy atom. The second kappa shape index (κ2) is 5.62. The SMILES string of the molecule is Cc1cc(C)c(-c2ccnc(CCC#N)n2)cc1C. The van der Waals surface area contributed by atoms with Crippen LogP contribution in [-0.4, -0.2) is 9.97 Å². The Balaban J connectivity index is 2.42. The number of aromatic nitrogens is 2. The van der Waals surface area contributed by atoms with E-state index >= 15 is 0 Å². The van der Waals surface area contributed by atoms with E-state index in [1.807, 2.05) is 6.07 Å². The van der Waals surface area contributed by atoms with E-state index in [4.69, 9.17) is 5.26 Å². The second-order valence-electron chi connectivity index (χ2n) is 4.77. The highest BCUT2D eigenvalue weighted by molar-refractivity contribution is 5.65. The molecule has 96 valence electrons. The van der Waals surface area contributed by atoms with Crippen molar-refractivity contribution in [2.24, 2.45) is 0 Å². The first-order valence-corrected chi connectivity index (χ1v) is 6.39. The van der Waals surface area contributed by atoms with E-state index in [1.54, 1.807) is 6.20 Å². The summed E-state index contributed by atoms with van der Waals surface area (Å²) in [6, 6.07) is 8.40. The normalized spacial score (nSPS) is 10.2. The summed E-state index contributed by atoms with van der Waals surface area (Å²) in [5, 5.41) is 8.62. The van der Waals surface area contributed by atoms with Gasteiger partial charge in [-0.25, -0.2) is 9.97 Å². The van der Waals surface area contributed by atoms with Crippen LogP contribution in [0.5, 0.6) is 0 Å². The third-order valence-corrected chi connectivity index (χ3v) is 3.28. The van der Waals surface area contributed by atoms with Crippen LogP contribution in [0.2, 0.25) is 0 Å². The van der Waals surface area contributed by atoms with Crippen LogP contribution < -0.4 is 0 Å². The molecule has 0 spiro atoms. The van der Waals surface area contributed by atoms with E-state index in [0.29, 0.717) is 12.8 Å². The van der Waals surface area contributed by atoms with Gasteiger partial charge in [-0.05, 0) is 49.6 Å². The Morgan fingerprint density at radius 1 is 1.11 bits per heavy atom. The van der Waals surface area contributed by atoms with E-state index in [2.05, 4.69) is 48.9 Å². The van der Waals surface area contributed by atoms with Gasteiger partial charge < -0.3 is 0 Å². The highest BCUT2D eigenvalue weighted by Crippen LogP contribution is 2.24. The number of benzene rings is 1. The minimum atomic E-state index is 0.454. The number of rotatable bonds is 3. The fraction of sp³-hybridized carbons (Fsp3) is 0.312. The van der Waals surface area contributed by atoms with Gasteiger partial charge in [0.25, 0.3) is 0 Å². The van der Waals surface area contributed by atoms with Gasteiger partial charge in [0.2, 0.25) is 0 Å². The maximum Gasteiger partial charge on any atom is 0.129 e. The molecule has 0 amide bonds. The Kier molecular flexibility index (Phi) is 3.91. The van der Waals surface area contributed by atoms with Crippen molar-refractivity contribution in [1.82, 2.24) is 9.97 Å². The first-order valence-electron chi connectivity index (χ1n) is 6.39. The summed E-state index contributed by atoms with van der Waals surface area (Å²) in [6.07, 6.45) is 2.83. The van der Waals surface area contributed by atoms with E-state index in [-0.39, 0.29) is 0 Å². The summed E-state index contributed by atoms with van der Waals surface area (Å²) in [7, 11) is 0. The molecule has 2 aromatic rings. The summed E-state index contributed by atoms with van der Waals surface area (Å²) >= 11 is 0. The quantitative estimate of drug-likeness (QED) is 0.838. The van der Waals surface area contributed by atoms with Crippen LogP contribution in [0.25, 0.3) is 11.3 Å². The van der Waals surface area contributed by atoms with Crippen LogP contribution in [-0.2, 0) is 6.42 Å². The van der Waals surface area contributed by atoms with Crippen LogP contribution in [0.15, 0.2) is 24.4 Å². The zero-order valence-corrected chi connectivity index (χ0v) is 11.6. The molecule has 3 nitrogen and oxygen atoms in total. The summed E-state index contributed by atoms with van der Waals surface area (Å²) in [5.41, 5.74) is 5.85. The predicted molar refractivity (Wildman–Crippen MR) is 75.6 cm³/mol. The van der Waals surface area contributed by atoms with E-state index in [0.717, 1.165) is 17.1 Å². The van der Waals surface area contributed by atoms with Crippen molar-refractivity contribution < 1.29 is 0 Å². The third-order valence-electron chi connectivity index (χ3n) is 3.28. The van der Waals surface area contributed by atoms with Gasteiger partial charge >= 0.3 is 0 Å². The van der Waals surface area contributed by atoms with Gasteiger partial charge in [-0.3, -0.25) is 0 Å². The molecule has 0 N–H and O–H groups in total. The third kappa shape index (κ3) is 2.97. The predicted octanol–water partition coefficient (Wildman–Crippen LogP) is 3.53. The minimum absolute atomic E-state index is 0.454. The molecule has 0 aliphatic carbocycles. The molecule has 2 rings (SSSR count). The Labute approximate surface area is 114 Å². The van der Waals surface area contributed by atoms with E-state index < -0.39 is 0 Å².